The number of esters is 2. The first-order chi connectivity index (χ1) is 18.9. The van der Waals surface area contributed by atoms with Crippen LogP contribution in [0.25, 0.3) is 0 Å². The lowest BCUT2D eigenvalue weighted by molar-refractivity contribution is -0.166. The van der Waals surface area contributed by atoms with Crippen LogP contribution in [0.4, 0.5) is 9.59 Å². The predicted octanol–water partition coefficient (Wildman–Crippen LogP) is 5.34. The third kappa shape index (κ3) is 13.1. The van der Waals surface area contributed by atoms with Gasteiger partial charge in [0.1, 0.15) is 18.2 Å². The molecule has 1 aromatic carbocycles. The van der Waals surface area contributed by atoms with Crippen LogP contribution in [-0.2, 0) is 35.0 Å². The van der Waals surface area contributed by atoms with Crippen molar-refractivity contribution in [1.82, 2.24) is 0 Å². The average molecular weight is 568 g/mol. The fourth-order valence-electron chi connectivity index (χ4n) is 3.01. The molecule has 0 bridgehead atoms. The van der Waals surface area contributed by atoms with Crippen LogP contribution in [0.15, 0.2) is 18.2 Å². The van der Waals surface area contributed by atoms with Crippen LogP contribution in [0.1, 0.15) is 79.7 Å². The number of carbonyl (C=O) groups is 4. The molecule has 0 fully saturated rings. The first-order valence-corrected chi connectivity index (χ1v) is 13.9. The van der Waals surface area contributed by atoms with Gasteiger partial charge in [-0.3, -0.25) is 9.59 Å². The van der Waals surface area contributed by atoms with Crippen molar-refractivity contribution in [1.29, 1.82) is 0 Å². The highest BCUT2D eigenvalue weighted by Gasteiger charge is 2.25. The minimum atomic E-state index is -1.07. The summed E-state index contributed by atoms with van der Waals surface area (Å²) in [5, 5.41) is 0. The van der Waals surface area contributed by atoms with Crippen molar-refractivity contribution in [3.05, 3.63) is 23.8 Å². The molecule has 11 heteroatoms. The van der Waals surface area contributed by atoms with Gasteiger partial charge in [0.15, 0.2) is 11.5 Å². The topological polar surface area (TPSA) is 150 Å². The van der Waals surface area contributed by atoms with E-state index >= 15 is 0 Å². The minimum absolute atomic E-state index is 0.0204. The first kappa shape index (κ1) is 34.7. The second kappa shape index (κ2) is 18.1. The Hall–Kier alpha value is -3.34. The van der Waals surface area contributed by atoms with Crippen LogP contribution in [0.2, 0.25) is 0 Å². The molecule has 0 heterocycles. The quantitative estimate of drug-likeness (QED) is 0.157. The predicted molar refractivity (Wildman–Crippen MR) is 147 cm³/mol. The summed E-state index contributed by atoms with van der Waals surface area (Å²) in [6.45, 7) is 13.2. The fourth-order valence-corrected chi connectivity index (χ4v) is 3.01. The molecule has 2 N–H and O–H groups in total. The van der Waals surface area contributed by atoms with Crippen molar-refractivity contribution < 1.29 is 47.6 Å². The molecule has 40 heavy (non-hydrogen) atoms. The van der Waals surface area contributed by atoms with E-state index in [1.807, 2.05) is 34.6 Å². The van der Waals surface area contributed by atoms with Gasteiger partial charge in [-0.25, -0.2) is 9.59 Å². The lowest BCUT2D eigenvalue weighted by Crippen LogP contribution is -2.39. The Bertz CT molecular complexity index is 966. The number of ether oxygens (including phenoxy) is 6. The molecule has 0 saturated carbocycles. The highest BCUT2D eigenvalue weighted by atomic mass is 16.7. The molecule has 11 nitrogen and oxygen atoms in total. The molecule has 0 spiro atoms. The zero-order chi connectivity index (χ0) is 30.2. The first-order valence-electron chi connectivity index (χ1n) is 13.9. The van der Waals surface area contributed by atoms with Crippen molar-refractivity contribution in [2.24, 2.45) is 17.6 Å². The molecule has 0 aliphatic carbocycles. The molecule has 1 aromatic rings. The summed E-state index contributed by atoms with van der Waals surface area (Å²) in [6, 6.07) is 3.33. The second-order valence-corrected chi connectivity index (χ2v) is 10.0. The fraction of sp³-hybridized carbons (Fsp3) is 0.655. The van der Waals surface area contributed by atoms with Gasteiger partial charge in [0.2, 0.25) is 0 Å². The summed E-state index contributed by atoms with van der Waals surface area (Å²) < 4.78 is 31.5. The third-order valence-electron chi connectivity index (χ3n) is 6.25. The van der Waals surface area contributed by atoms with Crippen LogP contribution in [0.5, 0.6) is 11.5 Å². The van der Waals surface area contributed by atoms with Gasteiger partial charge in [-0.05, 0) is 56.2 Å². The van der Waals surface area contributed by atoms with Gasteiger partial charge in [0.05, 0.1) is 13.2 Å². The number of hydrogen-bond acceptors (Lipinski definition) is 11. The summed E-state index contributed by atoms with van der Waals surface area (Å²) in [6.07, 6.45) is -0.706. The van der Waals surface area contributed by atoms with Crippen LogP contribution in [0.3, 0.4) is 0 Å². The van der Waals surface area contributed by atoms with Crippen LogP contribution in [0, 0.1) is 11.8 Å². The van der Waals surface area contributed by atoms with Gasteiger partial charge in [-0.15, -0.1) is 0 Å². The van der Waals surface area contributed by atoms with Crippen molar-refractivity contribution in [2.45, 2.75) is 98.8 Å². The molecule has 0 radical (unpaired) electrons. The van der Waals surface area contributed by atoms with Crippen molar-refractivity contribution in [2.75, 3.05) is 13.2 Å². The molecule has 0 aliphatic heterocycles. The summed E-state index contributed by atoms with van der Waals surface area (Å²) >= 11 is 0. The highest BCUT2D eigenvalue weighted by Crippen LogP contribution is 2.30. The lowest BCUT2D eigenvalue weighted by atomic mass is 10.1. The Morgan fingerprint density at radius 1 is 0.775 bits per heavy atom. The summed E-state index contributed by atoms with van der Waals surface area (Å²) in [5.74, 6) is -0.951. The Morgan fingerprint density at radius 3 is 1.82 bits per heavy atom. The van der Waals surface area contributed by atoms with Gasteiger partial charge in [-0.2, -0.15) is 0 Å². The lowest BCUT2D eigenvalue weighted by Gasteiger charge is -2.22. The van der Waals surface area contributed by atoms with E-state index in [0.29, 0.717) is 12.0 Å². The summed E-state index contributed by atoms with van der Waals surface area (Å²) in [5.41, 5.74) is 6.58. The van der Waals surface area contributed by atoms with E-state index in [9.17, 15) is 19.2 Å². The number of carbonyl (C=O) groups excluding carboxylic acids is 4. The van der Waals surface area contributed by atoms with E-state index in [-0.39, 0.29) is 55.4 Å². The minimum Gasteiger partial charge on any atom is -0.459 e. The Kier molecular flexibility index (Phi) is 15.7. The molecule has 0 amide bonds. The average Bonchev–Trinajstić information content (AvgIpc) is 2.91. The maximum absolute atomic E-state index is 12.6. The van der Waals surface area contributed by atoms with Crippen LogP contribution >= 0.6 is 0 Å². The van der Waals surface area contributed by atoms with Gasteiger partial charge in [-0.1, -0.05) is 53.5 Å². The van der Waals surface area contributed by atoms with Gasteiger partial charge in [0, 0.05) is 6.42 Å². The van der Waals surface area contributed by atoms with E-state index < -0.39 is 36.5 Å². The number of nitrogens with two attached hydrogens (primary N) is 1. The summed E-state index contributed by atoms with van der Waals surface area (Å²) in [7, 11) is 0. The zero-order valence-corrected chi connectivity index (χ0v) is 24.7. The summed E-state index contributed by atoms with van der Waals surface area (Å²) in [4.78, 5) is 48.8. The molecule has 226 valence electrons. The molecular weight excluding hydrogens is 522 g/mol. The number of benzene rings is 1. The van der Waals surface area contributed by atoms with Crippen molar-refractivity contribution in [3.63, 3.8) is 0 Å². The largest absolute Gasteiger partial charge is 0.513 e. The van der Waals surface area contributed by atoms with Crippen molar-refractivity contribution in [3.8, 4) is 11.5 Å². The van der Waals surface area contributed by atoms with Gasteiger partial charge < -0.3 is 34.2 Å². The Morgan fingerprint density at radius 2 is 1.30 bits per heavy atom. The van der Waals surface area contributed by atoms with E-state index in [0.717, 1.165) is 12.8 Å². The van der Waals surface area contributed by atoms with Crippen LogP contribution < -0.4 is 15.2 Å². The molecule has 2 unspecified atom stereocenters. The van der Waals surface area contributed by atoms with E-state index in [4.69, 9.17) is 34.2 Å². The van der Waals surface area contributed by atoms with Crippen molar-refractivity contribution >= 4 is 24.2 Å². The standard InChI is InChI=1S/C29H45NO10/c1-8-11-26(31)37-20(6)21(7)38-27(32)23(30)14-22-12-13-24(39-28(33)35-16-18(4)9-2)25(15-22)40-29(34)36-17-19(5)10-3/h12-13,15,18-21,23H,8-11,14,16-17,30H2,1-7H3/t18?,19?,20-,21-,23-/m0/s1. The van der Waals surface area contributed by atoms with Crippen LogP contribution in [-0.4, -0.2) is 55.7 Å². The molecule has 0 aromatic heterocycles. The van der Waals surface area contributed by atoms with E-state index in [1.165, 1.54) is 12.1 Å². The van der Waals surface area contributed by atoms with E-state index in [1.54, 1.807) is 19.9 Å². The Balaban J connectivity index is 2.95. The third-order valence-corrected chi connectivity index (χ3v) is 6.25. The Labute approximate surface area is 236 Å². The smallest absolute Gasteiger partial charge is 0.459 e. The molecular formula is C29H45NO10. The zero-order valence-electron chi connectivity index (χ0n) is 24.7. The maximum atomic E-state index is 12.6. The molecule has 0 aliphatic rings. The van der Waals surface area contributed by atoms with Gasteiger partial charge in [0.25, 0.3) is 0 Å². The molecule has 0 saturated heterocycles. The van der Waals surface area contributed by atoms with E-state index in [2.05, 4.69) is 0 Å². The number of hydrogen-bond donors (Lipinski definition) is 1. The maximum Gasteiger partial charge on any atom is 0.513 e. The van der Waals surface area contributed by atoms with Gasteiger partial charge >= 0.3 is 24.2 Å². The second-order valence-electron chi connectivity index (χ2n) is 10.0. The molecule has 5 atom stereocenters. The highest BCUT2D eigenvalue weighted by molar-refractivity contribution is 5.76. The SMILES string of the molecule is CCCC(=O)O[C@@H](C)[C@H](C)OC(=O)[C@@H](N)Cc1ccc(OC(=O)OCC(C)CC)c(OC(=O)OCC(C)CC)c1. The number of rotatable bonds is 16. The molecule has 1 rings (SSSR count). The monoisotopic (exact) mass is 567 g/mol. The normalized spacial score (nSPS) is 14.6.